The summed E-state index contributed by atoms with van der Waals surface area (Å²) < 4.78 is 11.6. The molecule has 2 atom stereocenters. The second-order valence-electron chi connectivity index (χ2n) is 6.88. The molecule has 2 rings (SSSR count). The Hall–Kier alpha value is -1.57. The molecule has 0 saturated carbocycles. The molecule has 0 aromatic heterocycles. The molecule has 0 heterocycles. The van der Waals surface area contributed by atoms with Crippen LogP contribution >= 0.6 is 8.60 Å². The average Bonchev–Trinajstić information content (AvgIpc) is 2.63. The normalized spacial score (nSPS) is 14.5. The Balaban J connectivity index is 2.12. The second-order valence-corrected chi connectivity index (χ2v) is 7.72. The van der Waals surface area contributed by atoms with Crippen LogP contribution in [0.4, 0.5) is 0 Å². The predicted molar refractivity (Wildman–Crippen MR) is 110 cm³/mol. The van der Waals surface area contributed by atoms with E-state index in [1.165, 1.54) is 0 Å². The highest BCUT2D eigenvalue weighted by Gasteiger charge is 2.19. The Kier molecular flexibility index (Phi) is 8.41. The highest BCUT2D eigenvalue weighted by atomic mass is 31.2. The smallest absolute Gasteiger partial charge is 0.418 e. The van der Waals surface area contributed by atoms with Crippen molar-refractivity contribution in [3.8, 4) is 11.5 Å². The van der Waals surface area contributed by atoms with Crippen LogP contribution in [0.1, 0.15) is 76.3 Å². The van der Waals surface area contributed by atoms with Gasteiger partial charge < -0.3 is 13.9 Å². The quantitative estimate of drug-likeness (QED) is 0.448. The molecular weight excluding hydrogens is 343 g/mol. The topological polar surface area (TPSA) is 38.7 Å². The zero-order valence-electron chi connectivity index (χ0n) is 16.3. The van der Waals surface area contributed by atoms with Crippen LogP contribution in [0.25, 0.3) is 0 Å². The van der Waals surface area contributed by atoms with Crippen LogP contribution in [0, 0.1) is 0 Å². The first kappa shape index (κ1) is 20.7. The van der Waals surface area contributed by atoms with Gasteiger partial charge in [-0.3, -0.25) is 0 Å². The first-order valence-electron chi connectivity index (χ1n) is 9.59. The molecule has 2 aromatic carbocycles. The van der Waals surface area contributed by atoms with Crippen molar-refractivity contribution < 1.29 is 13.9 Å². The molecule has 1 N–H and O–H groups in total. The third kappa shape index (κ3) is 5.72. The van der Waals surface area contributed by atoms with E-state index in [-0.39, 0.29) is 0 Å². The summed E-state index contributed by atoms with van der Waals surface area (Å²) in [4.78, 5) is 10.4. The van der Waals surface area contributed by atoms with Crippen LogP contribution in [-0.4, -0.2) is 4.89 Å². The van der Waals surface area contributed by atoms with Gasteiger partial charge in [-0.25, -0.2) is 0 Å². The van der Waals surface area contributed by atoms with Crippen molar-refractivity contribution in [2.45, 2.75) is 65.2 Å². The average molecular weight is 374 g/mol. The van der Waals surface area contributed by atoms with E-state index in [1.807, 2.05) is 36.4 Å². The molecule has 26 heavy (non-hydrogen) atoms. The highest BCUT2D eigenvalue weighted by Crippen LogP contribution is 2.42. The Morgan fingerprint density at radius 2 is 1.15 bits per heavy atom. The molecule has 0 bridgehead atoms. The van der Waals surface area contributed by atoms with Crippen LogP contribution in [0.15, 0.2) is 48.5 Å². The zero-order chi connectivity index (χ0) is 18.9. The fraction of sp³-hybridized carbons (Fsp3) is 0.455. The van der Waals surface area contributed by atoms with Crippen LogP contribution in [0.2, 0.25) is 0 Å². The fourth-order valence-corrected chi connectivity index (χ4v) is 4.01. The molecule has 4 heteroatoms. The van der Waals surface area contributed by atoms with Gasteiger partial charge in [-0.2, -0.15) is 0 Å². The van der Waals surface area contributed by atoms with Crippen molar-refractivity contribution in [2.24, 2.45) is 0 Å². The molecule has 0 aliphatic carbocycles. The van der Waals surface area contributed by atoms with Gasteiger partial charge in [0.05, 0.1) is 0 Å². The Labute approximate surface area is 159 Å². The maximum atomic E-state index is 10.4. The molecular formula is C22H31O3P. The van der Waals surface area contributed by atoms with Gasteiger partial charge in [-0.1, -0.05) is 76.9 Å². The minimum atomic E-state index is -2.03. The summed E-state index contributed by atoms with van der Waals surface area (Å²) in [6, 6.07) is 15.8. The van der Waals surface area contributed by atoms with E-state index in [0.29, 0.717) is 23.3 Å². The summed E-state index contributed by atoms with van der Waals surface area (Å²) in [5.41, 5.74) is 2.24. The maximum Gasteiger partial charge on any atom is 0.460 e. The number of hydrogen-bond acceptors (Lipinski definition) is 3. The van der Waals surface area contributed by atoms with Crippen molar-refractivity contribution in [2.75, 3.05) is 0 Å². The number of rotatable bonds is 10. The standard InChI is InChI=1S/C22H31O3P/c1-5-11-17(3)19-13-7-9-15-21(19)24-26(23)25-22-16-10-8-14-20(22)18(4)12-6-2/h7-10,13-18,23H,5-6,11-12H2,1-4H3. The van der Waals surface area contributed by atoms with Crippen LogP contribution in [-0.2, 0) is 0 Å². The number of para-hydroxylation sites is 2. The molecule has 2 aromatic rings. The van der Waals surface area contributed by atoms with Gasteiger partial charge in [0, 0.05) is 0 Å². The summed E-state index contributed by atoms with van der Waals surface area (Å²) >= 11 is 0. The van der Waals surface area contributed by atoms with E-state index in [4.69, 9.17) is 9.05 Å². The summed E-state index contributed by atoms with van der Waals surface area (Å²) in [6.45, 7) is 8.73. The number of hydrogen-bond donors (Lipinski definition) is 1. The fourth-order valence-electron chi connectivity index (χ4n) is 3.31. The van der Waals surface area contributed by atoms with E-state index in [0.717, 1.165) is 36.8 Å². The molecule has 0 spiro atoms. The van der Waals surface area contributed by atoms with E-state index in [1.54, 1.807) is 0 Å². The predicted octanol–water partition coefficient (Wildman–Crippen LogP) is 7.17. The third-order valence-corrected chi connectivity index (χ3v) is 5.40. The lowest BCUT2D eigenvalue weighted by Crippen LogP contribution is -2.02. The maximum absolute atomic E-state index is 10.4. The lowest BCUT2D eigenvalue weighted by Gasteiger charge is -2.20. The number of benzene rings is 2. The largest absolute Gasteiger partial charge is 0.460 e. The molecule has 2 unspecified atom stereocenters. The van der Waals surface area contributed by atoms with Crippen LogP contribution in [0.5, 0.6) is 11.5 Å². The molecule has 0 saturated heterocycles. The SMILES string of the molecule is CCCC(C)c1ccccc1OP(O)Oc1ccccc1C(C)CCC. The summed E-state index contributed by atoms with van der Waals surface area (Å²) in [5.74, 6) is 2.19. The van der Waals surface area contributed by atoms with Crippen molar-refractivity contribution in [3.05, 3.63) is 59.7 Å². The molecule has 3 nitrogen and oxygen atoms in total. The van der Waals surface area contributed by atoms with Crippen molar-refractivity contribution in [1.82, 2.24) is 0 Å². The highest BCUT2D eigenvalue weighted by molar-refractivity contribution is 7.41. The first-order chi connectivity index (χ1) is 12.6. The van der Waals surface area contributed by atoms with Gasteiger partial charge >= 0.3 is 8.60 Å². The Morgan fingerprint density at radius 3 is 1.54 bits per heavy atom. The van der Waals surface area contributed by atoms with Crippen LogP contribution in [0.3, 0.4) is 0 Å². The lowest BCUT2D eigenvalue weighted by atomic mass is 9.96. The molecule has 0 amide bonds. The van der Waals surface area contributed by atoms with Crippen LogP contribution < -0.4 is 9.05 Å². The van der Waals surface area contributed by atoms with Crippen molar-refractivity contribution in [1.29, 1.82) is 0 Å². The molecule has 0 aliphatic heterocycles. The van der Waals surface area contributed by atoms with E-state index < -0.39 is 8.60 Å². The van der Waals surface area contributed by atoms with Gasteiger partial charge in [0.15, 0.2) is 0 Å². The monoisotopic (exact) mass is 374 g/mol. The summed E-state index contributed by atoms with van der Waals surface area (Å²) in [6.07, 6.45) is 4.40. The second kappa shape index (κ2) is 10.5. The van der Waals surface area contributed by atoms with Gasteiger partial charge in [0.2, 0.25) is 0 Å². The minimum absolute atomic E-state index is 0.386. The molecule has 142 valence electrons. The summed E-state index contributed by atoms with van der Waals surface area (Å²) in [7, 11) is -2.03. The zero-order valence-corrected chi connectivity index (χ0v) is 17.2. The summed E-state index contributed by atoms with van der Waals surface area (Å²) in [5, 5.41) is 0. The van der Waals surface area contributed by atoms with Crippen molar-refractivity contribution >= 4 is 8.60 Å². The minimum Gasteiger partial charge on any atom is -0.418 e. The molecule has 0 radical (unpaired) electrons. The Morgan fingerprint density at radius 1 is 0.769 bits per heavy atom. The molecule has 0 fully saturated rings. The van der Waals surface area contributed by atoms with Gasteiger partial charge in [-0.05, 0) is 47.9 Å². The molecule has 0 aliphatic rings. The van der Waals surface area contributed by atoms with E-state index in [2.05, 4.69) is 39.8 Å². The van der Waals surface area contributed by atoms with Gasteiger partial charge in [-0.15, -0.1) is 0 Å². The lowest BCUT2D eigenvalue weighted by molar-refractivity contribution is 0.375. The Bertz CT molecular complexity index is 616. The van der Waals surface area contributed by atoms with E-state index >= 15 is 0 Å². The van der Waals surface area contributed by atoms with Gasteiger partial charge in [0.25, 0.3) is 0 Å². The van der Waals surface area contributed by atoms with Crippen molar-refractivity contribution in [3.63, 3.8) is 0 Å². The van der Waals surface area contributed by atoms with Gasteiger partial charge in [0.1, 0.15) is 11.5 Å². The first-order valence-corrected chi connectivity index (χ1v) is 10.7. The van der Waals surface area contributed by atoms with E-state index in [9.17, 15) is 4.89 Å². The third-order valence-electron chi connectivity index (χ3n) is 4.70.